The molecule has 4 aromatic rings. The molecule has 4 unspecified atom stereocenters. The molecule has 0 radical (unpaired) electrons. The zero-order valence-electron chi connectivity index (χ0n) is 26.7. The van der Waals surface area contributed by atoms with Crippen LogP contribution in [-0.2, 0) is 6.42 Å². The molecular weight excluding hydrogens is 600 g/mol. The second kappa shape index (κ2) is 15.4. The summed E-state index contributed by atoms with van der Waals surface area (Å²) < 4.78 is 10.9. The van der Waals surface area contributed by atoms with Gasteiger partial charge in [0.2, 0.25) is 0 Å². The molecule has 1 aliphatic heterocycles. The van der Waals surface area contributed by atoms with Crippen molar-refractivity contribution in [2.45, 2.75) is 57.3 Å². The van der Waals surface area contributed by atoms with E-state index in [-0.39, 0.29) is 30.1 Å². The number of nitrogens with zero attached hydrogens (tertiary/aromatic N) is 2. The minimum Gasteiger partial charge on any atom is -0.497 e. The number of rotatable bonds is 13. The highest BCUT2D eigenvalue weighted by Gasteiger charge is 2.33. The largest absolute Gasteiger partial charge is 0.497 e. The Labute approximate surface area is 274 Å². The molecule has 3 N–H and O–H groups in total. The summed E-state index contributed by atoms with van der Waals surface area (Å²) in [6.45, 7) is 4.83. The molecule has 242 valence electrons. The molecular formula is C36H42N4O5S. The Morgan fingerprint density at radius 1 is 1.02 bits per heavy atom. The minimum atomic E-state index is -0.906. The lowest BCUT2D eigenvalue weighted by atomic mass is 9.99. The van der Waals surface area contributed by atoms with E-state index in [1.54, 1.807) is 36.6 Å². The lowest BCUT2D eigenvalue weighted by molar-refractivity contribution is 0.0735. The van der Waals surface area contributed by atoms with Crippen LogP contribution in [0.5, 0.6) is 11.5 Å². The number of ether oxygens (including phenoxy) is 2. The highest BCUT2D eigenvalue weighted by Crippen LogP contribution is 2.35. The fourth-order valence-electron chi connectivity index (χ4n) is 5.80. The molecule has 2 amide bonds. The van der Waals surface area contributed by atoms with Gasteiger partial charge in [-0.3, -0.25) is 9.59 Å². The number of aliphatic hydroxyl groups is 1. The molecule has 5 rings (SSSR count). The van der Waals surface area contributed by atoms with Crippen LogP contribution < -0.4 is 20.1 Å². The maximum Gasteiger partial charge on any atom is 0.254 e. The van der Waals surface area contributed by atoms with Crippen LogP contribution in [0.2, 0.25) is 0 Å². The molecule has 0 aliphatic carbocycles. The molecule has 4 atom stereocenters. The molecule has 1 saturated heterocycles. The first-order chi connectivity index (χ1) is 22.2. The number of amides is 2. The summed E-state index contributed by atoms with van der Waals surface area (Å²) in [6, 6.07) is 21.6. The van der Waals surface area contributed by atoms with E-state index in [0.29, 0.717) is 24.3 Å². The number of aromatic nitrogens is 1. The third kappa shape index (κ3) is 8.12. The van der Waals surface area contributed by atoms with Gasteiger partial charge in [-0.1, -0.05) is 42.5 Å². The smallest absolute Gasteiger partial charge is 0.254 e. The van der Waals surface area contributed by atoms with Gasteiger partial charge in [-0.15, -0.1) is 11.3 Å². The summed E-state index contributed by atoms with van der Waals surface area (Å²) in [5.74, 6) is 0.601. The second-order valence-corrected chi connectivity index (χ2v) is 12.6. The monoisotopic (exact) mass is 642 g/mol. The van der Waals surface area contributed by atoms with Crippen molar-refractivity contribution >= 4 is 23.2 Å². The summed E-state index contributed by atoms with van der Waals surface area (Å²) in [5, 5.41) is 20.8. The van der Waals surface area contributed by atoms with Crippen molar-refractivity contribution < 1.29 is 24.2 Å². The molecule has 1 fully saturated rings. The number of benzene rings is 3. The average molecular weight is 643 g/mol. The number of carbonyl (C=O) groups excluding carboxylic acids is 2. The number of hydrogen-bond donors (Lipinski definition) is 3. The Bertz CT molecular complexity index is 1630. The highest BCUT2D eigenvalue weighted by molar-refractivity contribution is 7.09. The maximum absolute atomic E-state index is 13.8. The number of likely N-dealkylation sites (tertiary alicyclic amines) is 1. The van der Waals surface area contributed by atoms with Gasteiger partial charge in [-0.25, -0.2) is 4.98 Å². The predicted molar refractivity (Wildman–Crippen MR) is 180 cm³/mol. The third-order valence-electron chi connectivity index (χ3n) is 8.39. The Kier molecular flexibility index (Phi) is 11.1. The van der Waals surface area contributed by atoms with Crippen molar-refractivity contribution in [3.63, 3.8) is 0 Å². The lowest BCUT2D eigenvalue weighted by Crippen LogP contribution is -2.49. The predicted octanol–water partition coefficient (Wildman–Crippen LogP) is 5.50. The van der Waals surface area contributed by atoms with Crippen molar-refractivity contribution in [2.75, 3.05) is 27.3 Å². The van der Waals surface area contributed by atoms with Gasteiger partial charge in [-0.2, -0.15) is 0 Å². The fraction of sp³-hybridized carbons (Fsp3) is 0.361. The van der Waals surface area contributed by atoms with Crippen molar-refractivity contribution in [3.05, 3.63) is 111 Å². The standard InChI is InChI=1S/C36H42N4O5S/c1-23-22-46-35(38-23)32-14-9-15-40(32)36(43)28-17-27(19-30(20-28)45-4)34(42)39-31(16-25-10-6-5-7-11-25)33(41)21-37-24(2)26-12-8-13-29(18-26)44-3/h5-8,10-13,17-20,22,24,31-33,37,41H,9,14-16,21H2,1-4H3,(H,39,42). The quantitative estimate of drug-likeness (QED) is 0.177. The Hall–Kier alpha value is -4.25. The van der Waals surface area contributed by atoms with Crippen LogP contribution in [0, 0.1) is 6.92 Å². The van der Waals surface area contributed by atoms with Gasteiger partial charge < -0.3 is 30.1 Å². The van der Waals surface area contributed by atoms with E-state index in [0.717, 1.165) is 40.4 Å². The number of nitrogens with one attached hydrogen (secondary N) is 2. The summed E-state index contributed by atoms with van der Waals surface area (Å²) in [6.07, 6.45) is 1.24. The Balaban J connectivity index is 1.33. The normalized spacial score (nSPS) is 16.5. The summed E-state index contributed by atoms with van der Waals surface area (Å²) in [4.78, 5) is 34.1. The van der Waals surface area contributed by atoms with Crippen LogP contribution >= 0.6 is 11.3 Å². The van der Waals surface area contributed by atoms with Crippen LogP contribution in [0.3, 0.4) is 0 Å². The van der Waals surface area contributed by atoms with Crippen LogP contribution in [0.1, 0.15) is 74.4 Å². The van der Waals surface area contributed by atoms with Gasteiger partial charge in [-0.05, 0) is 74.6 Å². The van der Waals surface area contributed by atoms with Gasteiger partial charge in [0.25, 0.3) is 11.8 Å². The van der Waals surface area contributed by atoms with E-state index < -0.39 is 18.1 Å². The van der Waals surface area contributed by atoms with Crippen molar-refractivity contribution in [1.82, 2.24) is 20.5 Å². The molecule has 0 saturated carbocycles. The number of methoxy groups -OCH3 is 2. The SMILES string of the molecule is COc1cc(C(=O)NC(Cc2ccccc2)C(O)CNC(C)c2cccc(OC)c2)cc(C(=O)N2CCCC2c2nc(C)cs2)c1. The topological polar surface area (TPSA) is 113 Å². The zero-order valence-corrected chi connectivity index (χ0v) is 27.5. The first-order valence-corrected chi connectivity index (χ1v) is 16.5. The zero-order chi connectivity index (χ0) is 32.6. The lowest BCUT2D eigenvalue weighted by Gasteiger charge is -2.27. The van der Waals surface area contributed by atoms with Gasteiger partial charge in [0.05, 0.1) is 32.4 Å². The molecule has 3 aromatic carbocycles. The van der Waals surface area contributed by atoms with Crippen molar-refractivity contribution in [3.8, 4) is 11.5 Å². The maximum atomic E-state index is 13.8. The van der Waals surface area contributed by atoms with E-state index in [2.05, 4.69) is 15.6 Å². The first-order valence-electron chi connectivity index (χ1n) is 15.6. The third-order valence-corrected chi connectivity index (χ3v) is 9.46. The second-order valence-electron chi connectivity index (χ2n) is 11.7. The van der Waals surface area contributed by atoms with Crippen molar-refractivity contribution in [1.29, 1.82) is 0 Å². The molecule has 10 heteroatoms. The molecule has 2 heterocycles. The number of thiazole rings is 1. The summed E-state index contributed by atoms with van der Waals surface area (Å²) >= 11 is 1.57. The summed E-state index contributed by atoms with van der Waals surface area (Å²) in [7, 11) is 3.14. The van der Waals surface area contributed by atoms with Gasteiger partial charge in [0, 0.05) is 41.3 Å². The number of hydrogen-bond acceptors (Lipinski definition) is 8. The Morgan fingerprint density at radius 2 is 1.78 bits per heavy atom. The van der Waals surface area contributed by atoms with Gasteiger partial charge in [0.15, 0.2) is 0 Å². The van der Waals surface area contributed by atoms with E-state index in [1.165, 1.54) is 7.11 Å². The van der Waals surface area contributed by atoms with Crippen LogP contribution in [0.25, 0.3) is 0 Å². The van der Waals surface area contributed by atoms with E-state index >= 15 is 0 Å². The van der Waals surface area contributed by atoms with Gasteiger partial charge >= 0.3 is 0 Å². The molecule has 1 aromatic heterocycles. The van der Waals surface area contributed by atoms with Crippen LogP contribution in [0.15, 0.2) is 78.2 Å². The van der Waals surface area contributed by atoms with Crippen molar-refractivity contribution in [2.24, 2.45) is 0 Å². The molecule has 0 spiro atoms. The summed E-state index contributed by atoms with van der Waals surface area (Å²) in [5.41, 5.74) is 3.60. The van der Waals surface area contributed by atoms with E-state index in [1.807, 2.05) is 78.7 Å². The number of aryl methyl sites for hydroxylation is 1. The molecule has 0 bridgehead atoms. The average Bonchev–Trinajstić information content (AvgIpc) is 3.75. The highest BCUT2D eigenvalue weighted by atomic mass is 32.1. The molecule has 1 aliphatic rings. The molecule has 9 nitrogen and oxygen atoms in total. The number of aliphatic hydroxyl groups excluding tert-OH is 1. The fourth-order valence-corrected chi connectivity index (χ4v) is 6.74. The Morgan fingerprint density at radius 3 is 2.50 bits per heavy atom. The van der Waals surface area contributed by atoms with Crippen LogP contribution in [-0.4, -0.2) is 66.3 Å². The molecule has 46 heavy (non-hydrogen) atoms. The van der Waals surface area contributed by atoms with E-state index in [4.69, 9.17) is 9.47 Å². The van der Waals surface area contributed by atoms with Crippen LogP contribution in [0.4, 0.5) is 0 Å². The van der Waals surface area contributed by atoms with Gasteiger partial charge in [0.1, 0.15) is 16.5 Å². The minimum absolute atomic E-state index is 0.0625. The van der Waals surface area contributed by atoms with E-state index in [9.17, 15) is 14.7 Å². The number of carbonyl (C=O) groups is 2. The first kappa shape index (κ1) is 33.1.